The molecular weight excluding hydrogens is 280 g/mol. The van der Waals surface area contributed by atoms with E-state index in [4.69, 9.17) is 10.5 Å². The number of rotatable bonds is 5. The Morgan fingerprint density at radius 1 is 1.32 bits per heavy atom. The zero-order chi connectivity index (χ0) is 16.3. The highest BCUT2D eigenvalue weighted by Crippen LogP contribution is 2.39. The largest absolute Gasteiger partial charge is 0.465 e. The number of primary amides is 1. The Balaban J connectivity index is 2.32. The molecule has 0 aliphatic carbocycles. The normalized spacial score (nSPS) is 20.3. The van der Waals surface area contributed by atoms with Crippen molar-refractivity contribution >= 4 is 17.6 Å². The number of nitrogens with two attached hydrogens (primary N) is 1. The molecule has 0 saturated carbocycles. The van der Waals surface area contributed by atoms with Crippen molar-refractivity contribution in [1.82, 2.24) is 0 Å². The van der Waals surface area contributed by atoms with Crippen LogP contribution in [0.2, 0.25) is 0 Å². The van der Waals surface area contributed by atoms with E-state index < -0.39 is 5.41 Å². The zero-order valence-electron chi connectivity index (χ0n) is 13.1. The van der Waals surface area contributed by atoms with Crippen molar-refractivity contribution < 1.29 is 14.3 Å². The van der Waals surface area contributed by atoms with Crippen molar-refractivity contribution in [1.29, 1.82) is 0 Å². The second-order valence-corrected chi connectivity index (χ2v) is 5.67. The van der Waals surface area contributed by atoms with Crippen LogP contribution in [0.15, 0.2) is 41.0 Å². The van der Waals surface area contributed by atoms with Crippen molar-refractivity contribution in [3.8, 4) is 0 Å². The summed E-state index contributed by atoms with van der Waals surface area (Å²) in [6.45, 7) is 3.84. The summed E-state index contributed by atoms with van der Waals surface area (Å²) in [4.78, 5) is 27.6. The van der Waals surface area contributed by atoms with Gasteiger partial charge in [0.2, 0.25) is 5.91 Å². The van der Waals surface area contributed by atoms with Crippen molar-refractivity contribution in [2.75, 3.05) is 7.11 Å². The van der Waals surface area contributed by atoms with Gasteiger partial charge in [0.15, 0.2) is 0 Å². The summed E-state index contributed by atoms with van der Waals surface area (Å²) in [6.07, 6.45) is 2.50. The van der Waals surface area contributed by atoms with Crippen LogP contribution in [0.1, 0.15) is 36.2 Å². The van der Waals surface area contributed by atoms with Crippen LogP contribution in [-0.4, -0.2) is 24.7 Å². The molecule has 1 atom stereocenters. The zero-order valence-corrected chi connectivity index (χ0v) is 13.1. The number of allylic oxidation sites excluding steroid dienone is 1. The molecule has 116 valence electrons. The highest BCUT2D eigenvalue weighted by atomic mass is 16.5. The van der Waals surface area contributed by atoms with Crippen molar-refractivity contribution in [2.45, 2.75) is 26.7 Å². The summed E-state index contributed by atoms with van der Waals surface area (Å²) in [5, 5.41) is 0. The highest BCUT2D eigenvalue weighted by Gasteiger charge is 2.37. The molecule has 5 heteroatoms. The number of esters is 1. The third-order valence-corrected chi connectivity index (χ3v) is 4.25. The highest BCUT2D eigenvalue weighted by molar-refractivity contribution is 5.97. The first kappa shape index (κ1) is 15.9. The second-order valence-electron chi connectivity index (χ2n) is 5.67. The predicted octanol–water partition coefficient (Wildman–Crippen LogP) is 2.26. The van der Waals surface area contributed by atoms with Gasteiger partial charge >= 0.3 is 5.97 Å². The van der Waals surface area contributed by atoms with Crippen LogP contribution < -0.4 is 5.73 Å². The summed E-state index contributed by atoms with van der Waals surface area (Å²) in [5.41, 5.74) is 8.09. The summed E-state index contributed by atoms with van der Waals surface area (Å²) in [7, 11) is 1.36. The van der Waals surface area contributed by atoms with E-state index in [-0.39, 0.29) is 18.3 Å². The fourth-order valence-electron chi connectivity index (χ4n) is 2.71. The lowest BCUT2D eigenvalue weighted by atomic mass is 9.74. The number of carbonyl (C=O) groups is 2. The molecule has 0 spiro atoms. The van der Waals surface area contributed by atoms with Gasteiger partial charge in [0.25, 0.3) is 0 Å². The monoisotopic (exact) mass is 300 g/mol. The van der Waals surface area contributed by atoms with Gasteiger partial charge in [-0.15, -0.1) is 0 Å². The van der Waals surface area contributed by atoms with E-state index in [1.807, 2.05) is 26.0 Å². The van der Waals surface area contributed by atoms with Gasteiger partial charge in [0.05, 0.1) is 12.7 Å². The molecule has 1 unspecified atom stereocenters. The van der Waals surface area contributed by atoms with Crippen molar-refractivity contribution in [2.24, 2.45) is 16.1 Å². The predicted molar refractivity (Wildman–Crippen MR) is 84.6 cm³/mol. The first-order valence-corrected chi connectivity index (χ1v) is 7.07. The summed E-state index contributed by atoms with van der Waals surface area (Å²) >= 11 is 0. The minimum atomic E-state index is -0.491. The topological polar surface area (TPSA) is 81.8 Å². The van der Waals surface area contributed by atoms with Crippen LogP contribution in [0.25, 0.3) is 0 Å². The second kappa shape index (κ2) is 6.13. The van der Waals surface area contributed by atoms with Gasteiger partial charge in [-0.25, -0.2) is 4.79 Å². The maximum Gasteiger partial charge on any atom is 0.338 e. The average molecular weight is 300 g/mol. The van der Waals surface area contributed by atoms with Gasteiger partial charge in [-0.3, -0.25) is 9.79 Å². The molecule has 2 N–H and O–H groups in total. The maximum absolute atomic E-state index is 11.9. The Kier molecular flexibility index (Phi) is 4.45. The Bertz CT molecular complexity index is 676. The molecule has 1 aromatic rings. The van der Waals surface area contributed by atoms with E-state index in [0.717, 1.165) is 16.8 Å². The number of ether oxygens (including phenoxy) is 1. The molecule has 0 aromatic heterocycles. The first-order chi connectivity index (χ1) is 10.4. The Morgan fingerprint density at radius 2 is 2.00 bits per heavy atom. The van der Waals surface area contributed by atoms with Crippen LogP contribution in [0.5, 0.6) is 0 Å². The van der Waals surface area contributed by atoms with Crippen LogP contribution in [0.4, 0.5) is 0 Å². The number of aliphatic imine (C=N–C) groups is 1. The number of benzene rings is 1. The minimum Gasteiger partial charge on any atom is -0.465 e. The van der Waals surface area contributed by atoms with Crippen LogP contribution >= 0.6 is 0 Å². The lowest BCUT2D eigenvalue weighted by molar-refractivity contribution is -0.119. The van der Waals surface area contributed by atoms with Crippen LogP contribution in [0, 0.1) is 5.41 Å². The fourth-order valence-corrected chi connectivity index (χ4v) is 2.71. The van der Waals surface area contributed by atoms with E-state index in [1.165, 1.54) is 7.11 Å². The number of hydrogen-bond acceptors (Lipinski definition) is 4. The summed E-state index contributed by atoms with van der Waals surface area (Å²) < 4.78 is 4.82. The van der Waals surface area contributed by atoms with Crippen LogP contribution in [0.3, 0.4) is 0 Å². The molecule has 1 amide bonds. The van der Waals surface area contributed by atoms with E-state index in [2.05, 4.69) is 4.99 Å². The van der Waals surface area contributed by atoms with Gasteiger partial charge in [0.1, 0.15) is 0 Å². The number of carbonyl (C=O) groups excluding carboxylic acids is 2. The fraction of sp³-hybridized carbons (Fsp3) is 0.353. The number of methoxy groups -OCH3 is 1. The van der Waals surface area contributed by atoms with Crippen molar-refractivity contribution in [3.63, 3.8) is 0 Å². The van der Waals surface area contributed by atoms with Crippen molar-refractivity contribution in [3.05, 3.63) is 47.2 Å². The number of hydrogen-bond donors (Lipinski definition) is 1. The maximum atomic E-state index is 11.9. The smallest absolute Gasteiger partial charge is 0.338 e. The molecule has 0 radical (unpaired) electrons. The lowest BCUT2D eigenvalue weighted by Gasteiger charge is -2.27. The molecule has 0 saturated heterocycles. The summed E-state index contributed by atoms with van der Waals surface area (Å²) in [6, 6.07) is 7.28. The quantitative estimate of drug-likeness (QED) is 0.847. The molecule has 2 rings (SSSR count). The van der Waals surface area contributed by atoms with E-state index in [0.29, 0.717) is 12.0 Å². The lowest BCUT2D eigenvalue weighted by Crippen LogP contribution is -2.32. The van der Waals surface area contributed by atoms with Gasteiger partial charge in [-0.05, 0) is 37.5 Å². The molecule has 0 fully saturated rings. The average Bonchev–Trinajstić information content (AvgIpc) is 2.74. The molecule has 1 aliphatic heterocycles. The SMILES string of the molecule is COC(=O)c1ccccc1CC1=CN=C(C)C1(C)CC(N)=O. The molecule has 5 nitrogen and oxygen atoms in total. The molecular formula is C17H20N2O3. The van der Waals surface area contributed by atoms with E-state index in [9.17, 15) is 9.59 Å². The van der Waals surface area contributed by atoms with Gasteiger partial charge in [0, 0.05) is 23.7 Å². The Morgan fingerprint density at radius 3 is 2.64 bits per heavy atom. The molecule has 0 bridgehead atoms. The summed E-state index contributed by atoms with van der Waals surface area (Å²) in [5.74, 6) is -0.741. The van der Waals surface area contributed by atoms with E-state index >= 15 is 0 Å². The molecule has 1 heterocycles. The first-order valence-electron chi connectivity index (χ1n) is 7.07. The number of nitrogens with zero attached hydrogens (tertiary/aromatic N) is 1. The molecule has 22 heavy (non-hydrogen) atoms. The molecule has 1 aromatic carbocycles. The van der Waals surface area contributed by atoms with Gasteiger partial charge < -0.3 is 10.5 Å². The third-order valence-electron chi connectivity index (χ3n) is 4.25. The molecule has 1 aliphatic rings. The minimum absolute atomic E-state index is 0.203. The number of amides is 1. The van der Waals surface area contributed by atoms with Crippen LogP contribution in [-0.2, 0) is 16.0 Å². The van der Waals surface area contributed by atoms with Gasteiger partial charge in [-0.1, -0.05) is 18.2 Å². The van der Waals surface area contributed by atoms with E-state index in [1.54, 1.807) is 18.3 Å². The Hall–Kier alpha value is -2.43. The van der Waals surface area contributed by atoms with Gasteiger partial charge in [-0.2, -0.15) is 0 Å². The standard InChI is InChI=1S/C17H20N2O3/c1-11-17(2,9-15(18)20)13(10-19-11)8-12-6-4-5-7-14(12)16(21)22-3/h4-7,10H,8-9H2,1-3H3,(H2,18,20). The third kappa shape index (κ3) is 2.93. The Labute approximate surface area is 129 Å².